The van der Waals surface area contributed by atoms with Gasteiger partial charge in [-0.2, -0.15) is 0 Å². The van der Waals surface area contributed by atoms with Crippen LogP contribution < -0.4 is 9.64 Å². The number of carbonyl (C=O) groups is 2. The molecule has 0 spiro atoms. The van der Waals surface area contributed by atoms with Crippen molar-refractivity contribution in [3.05, 3.63) is 24.3 Å². The molecule has 0 unspecified atom stereocenters. The van der Waals surface area contributed by atoms with E-state index in [1.165, 1.54) is 0 Å². The average molecular weight is 293 g/mol. The summed E-state index contributed by atoms with van der Waals surface area (Å²) >= 11 is 0. The van der Waals surface area contributed by atoms with E-state index in [1.807, 2.05) is 0 Å². The van der Waals surface area contributed by atoms with Crippen LogP contribution in [-0.2, 0) is 9.59 Å². The number of amides is 1. The molecular weight excluding hydrogens is 270 g/mol. The summed E-state index contributed by atoms with van der Waals surface area (Å²) in [6.07, 6.45) is 1.33. The SMILES string of the molecule is CN(C(=O)CCC(C)(C)C)c1ccc(OCC(=O)O)cc1. The van der Waals surface area contributed by atoms with E-state index in [4.69, 9.17) is 9.84 Å². The summed E-state index contributed by atoms with van der Waals surface area (Å²) in [7, 11) is 1.73. The minimum absolute atomic E-state index is 0.0594. The van der Waals surface area contributed by atoms with E-state index in [9.17, 15) is 9.59 Å². The Morgan fingerprint density at radius 1 is 1.19 bits per heavy atom. The molecule has 1 rings (SSSR count). The third-order valence-electron chi connectivity index (χ3n) is 3.05. The van der Waals surface area contributed by atoms with Crippen molar-refractivity contribution in [2.45, 2.75) is 33.6 Å². The quantitative estimate of drug-likeness (QED) is 0.875. The van der Waals surface area contributed by atoms with Gasteiger partial charge in [-0.25, -0.2) is 4.79 Å². The molecule has 0 fully saturated rings. The Hall–Kier alpha value is -2.04. The number of benzene rings is 1. The van der Waals surface area contributed by atoms with Crippen LogP contribution in [0.5, 0.6) is 5.75 Å². The molecule has 0 aliphatic heterocycles. The van der Waals surface area contributed by atoms with Gasteiger partial charge in [0.2, 0.25) is 5.91 Å². The molecule has 1 aromatic carbocycles. The number of aliphatic carboxylic acids is 1. The number of anilines is 1. The summed E-state index contributed by atoms with van der Waals surface area (Å²) in [5.74, 6) is -0.491. The van der Waals surface area contributed by atoms with Crippen molar-refractivity contribution in [3.63, 3.8) is 0 Å². The van der Waals surface area contributed by atoms with Crippen LogP contribution in [0, 0.1) is 5.41 Å². The molecule has 21 heavy (non-hydrogen) atoms. The number of ether oxygens (including phenoxy) is 1. The first-order valence-corrected chi connectivity index (χ1v) is 6.90. The summed E-state index contributed by atoms with van der Waals surface area (Å²) in [6.45, 7) is 5.94. The normalized spacial score (nSPS) is 11.0. The highest BCUT2D eigenvalue weighted by Crippen LogP contribution is 2.23. The Bertz CT molecular complexity index is 488. The van der Waals surface area contributed by atoms with Gasteiger partial charge in [0.25, 0.3) is 0 Å². The van der Waals surface area contributed by atoms with Crippen molar-refractivity contribution < 1.29 is 19.4 Å². The fraction of sp³-hybridized carbons (Fsp3) is 0.500. The monoisotopic (exact) mass is 293 g/mol. The molecule has 116 valence electrons. The topological polar surface area (TPSA) is 66.8 Å². The lowest BCUT2D eigenvalue weighted by atomic mass is 9.90. The van der Waals surface area contributed by atoms with Crippen LogP contribution in [0.2, 0.25) is 0 Å². The molecule has 0 saturated heterocycles. The van der Waals surface area contributed by atoms with Gasteiger partial charge in [0.1, 0.15) is 5.75 Å². The summed E-state index contributed by atoms with van der Waals surface area (Å²) in [4.78, 5) is 24.1. The molecule has 0 bridgehead atoms. The smallest absolute Gasteiger partial charge is 0.341 e. The van der Waals surface area contributed by atoms with E-state index in [-0.39, 0.29) is 17.9 Å². The number of nitrogens with zero attached hydrogens (tertiary/aromatic N) is 1. The van der Waals surface area contributed by atoms with Gasteiger partial charge in [0.15, 0.2) is 6.61 Å². The zero-order valence-electron chi connectivity index (χ0n) is 13.0. The van der Waals surface area contributed by atoms with E-state index in [2.05, 4.69) is 20.8 Å². The van der Waals surface area contributed by atoms with Crippen LogP contribution in [0.25, 0.3) is 0 Å². The zero-order chi connectivity index (χ0) is 16.0. The Labute approximate surface area is 125 Å². The Morgan fingerprint density at radius 2 is 1.76 bits per heavy atom. The van der Waals surface area contributed by atoms with Crippen molar-refractivity contribution in [3.8, 4) is 5.75 Å². The van der Waals surface area contributed by atoms with Gasteiger partial charge < -0.3 is 14.7 Å². The second-order valence-corrected chi connectivity index (χ2v) is 6.19. The number of hydrogen-bond acceptors (Lipinski definition) is 3. The average Bonchev–Trinajstić information content (AvgIpc) is 2.41. The van der Waals surface area contributed by atoms with Crippen LogP contribution in [-0.4, -0.2) is 30.6 Å². The van der Waals surface area contributed by atoms with Crippen LogP contribution in [0.4, 0.5) is 5.69 Å². The van der Waals surface area contributed by atoms with Crippen molar-refractivity contribution in [1.82, 2.24) is 0 Å². The lowest BCUT2D eigenvalue weighted by Gasteiger charge is -2.21. The van der Waals surface area contributed by atoms with Gasteiger partial charge in [0.05, 0.1) is 0 Å². The van der Waals surface area contributed by atoms with Crippen molar-refractivity contribution in [2.24, 2.45) is 5.41 Å². The van der Waals surface area contributed by atoms with Gasteiger partial charge in [-0.3, -0.25) is 4.79 Å². The molecule has 0 aliphatic rings. The molecule has 5 heteroatoms. The predicted molar refractivity (Wildman–Crippen MR) is 81.7 cm³/mol. The summed E-state index contributed by atoms with van der Waals surface area (Å²) in [6, 6.07) is 6.80. The number of carbonyl (C=O) groups excluding carboxylic acids is 1. The molecule has 5 nitrogen and oxygen atoms in total. The largest absolute Gasteiger partial charge is 0.482 e. The van der Waals surface area contributed by atoms with E-state index in [1.54, 1.807) is 36.2 Å². The second kappa shape index (κ2) is 7.11. The van der Waals surface area contributed by atoms with Crippen molar-refractivity contribution in [1.29, 1.82) is 0 Å². The molecule has 1 aromatic rings. The first kappa shape index (κ1) is 17.0. The maximum absolute atomic E-state index is 12.1. The fourth-order valence-electron chi connectivity index (χ4n) is 1.70. The molecule has 0 aliphatic carbocycles. The Balaban J connectivity index is 2.60. The predicted octanol–water partition coefficient (Wildman–Crippen LogP) is 2.94. The first-order chi connectivity index (χ1) is 9.69. The lowest BCUT2D eigenvalue weighted by molar-refractivity contribution is -0.139. The lowest BCUT2D eigenvalue weighted by Crippen LogP contribution is -2.27. The molecule has 1 N–H and O–H groups in total. The summed E-state index contributed by atoms with van der Waals surface area (Å²) in [5, 5.41) is 8.54. The van der Waals surface area contributed by atoms with Gasteiger partial charge in [-0.15, -0.1) is 0 Å². The molecule has 0 aromatic heterocycles. The second-order valence-electron chi connectivity index (χ2n) is 6.19. The molecular formula is C16H23NO4. The van der Waals surface area contributed by atoms with Crippen molar-refractivity contribution in [2.75, 3.05) is 18.6 Å². The highest BCUT2D eigenvalue weighted by atomic mass is 16.5. The zero-order valence-corrected chi connectivity index (χ0v) is 13.0. The van der Waals surface area contributed by atoms with Gasteiger partial charge >= 0.3 is 5.97 Å². The minimum Gasteiger partial charge on any atom is -0.482 e. The third-order valence-corrected chi connectivity index (χ3v) is 3.05. The fourth-order valence-corrected chi connectivity index (χ4v) is 1.70. The number of rotatable bonds is 6. The number of carboxylic acids is 1. The van der Waals surface area contributed by atoms with Crippen LogP contribution in [0.3, 0.4) is 0 Å². The Morgan fingerprint density at radius 3 is 2.24 bits per heavy atom. The highest BCUT2D eigenvalue weighted by molar-refractivity contribution is 5.92. The highest BCUT2D eigenvalue weighted by Gasteiger charge is 2.16. The van der Waals surface area contributed by atoms with Crippen molar-refractivity contribution >= 4 is 17.6 Å². The summed E-state index contributed by atoms with van der Waals surface area (Å²) in [5.41, 5.74) is 0.891. The molecule has 0 heterocycles. The number of carboxylic acid groups (broad SMARTS) is 1. The van der Waals surface area contributed by atoms with E-state index >= 15 is 0 Å². The van der Waals surface area contributed by atoms with Gasteiger partial charge in [-0.05, 0) is 36.1 Å². The first-order valence-electron chi connectivity index (χ1n) is 6.90. The van der Waals surface area contributed by atoms with E-state index in [0.29, 0.717) is 12.2 Å². The standard InChI is InChI=1S/C16H23NO4/c1-16(2,3)10-9-14(18)17(4)12-5-7-13(8-6-12)21-11-15(19)20/h5-8H,9-11H2,1-4H3,(H,19,20). The van der Waals surface area contributed by atoms with Gasteiger partial charge in [0, 0.05) is 19.2 Å². The molecule has 0 atom stereocenters. The van der Waals surface area contributed by atoms with Crippen LogP contribution in [0.1, 0.15) is 33.6 Å². The third kappa shape index (κ3) is 6.29. The maximum atomic E-state index is 12.1. The molecule has 0 saturated carbocycles. The molecule has 1 amide bonds. The number of hydrogen-bond donors (Lipinski definition) is 1. The minimum atomic E-state index is -1.02. The Kier molecular flexibility index (Phi) is 5.76. The summed E-state index contributed by atoms with van der Waals surface area (Å²) < 4.78 is 5.05. The van der Waals surface area contributed by atoms with Crippen LogP contribution >= 0.6 is 0 Å². The molecule has 0 radical (unpaired) electrons. The van der Waals surface area contributed by atoms with Gasteiger partial charge in [-0.1, -0.05) is 20.8 Å². The van der Waals surface area contributed by atoms with E-state index < -0.39 is 5.97 Å². The van der Waals surface area contributed by atoms with E-state index in [0.717, 1.165) is 12.1 Å². The maximum Gasteiger partial charge on any atom is 0.341 e. The van der Waals surface area contributed by atoms with Crippen LogP contribution in [0.15, 0.2) is 24.3 Å².